The number of ether oxygens (including phenoxy) is 5. The molecule has 2 heterocycles. The Hall–Kier alpha value is -3.61. The first-order valence-electron chi connectivity index (χ1n) is 18.1. The molecule has 3 aliphatic rings. The number of hydrogen-bond acceptors (Lipinski definition) is 13. The minimum atomic E-state index is -1.49. The van der Waals surface area contributed by atoms with Crippen molar-refractivity contribution in [3.8, 4) is 11.5 Å². The Balaban J connectivity index is 0.966. The number of benzene rings is 3. The molecule has 2 saturated heterocycles. The van der Waals surface area contributed by atoms with Gasteiger partial charge in [-0.15, -0.1) is 0 Å². The summed E-state index contributed by atoms with van der Waals surface area (Å²) in [5.74, 6) is -0.291. The van der Waals surface area contributed by atoms with Gasteiger partial charge in [0.15, 0.2) is 6.29 Å². The van der Waals surface area contributed by atoms with E-state index >= 15 is 0 Å². The molecule has 1 aliphatic carbocycles. The van der Waals surface area contributed by atoms with E-state index in [1.807, 2.05) is 36.4 Å². The second-order valence-corrected chi connectivity index (χ2v) is 14.9. The topological polar surface area (TPSA) is 209 Å². The van der Waals surface area contributed by atoms with E-state index in [0.29, 0.717) is 45.6 Å². The molecule has 3 aromatic rings. The number of hydrogen-bond donors (Lipinski definition) is 8. The van der Waals surface area contributed by atoms with Crippen LogP contribution in [0, 0.1) is 0 Å². The predicted octanol–water partition coefficient (Wildman–Crippen LogP) is 2.70. The normalized spacial score (nSPS) is 29.3. The summed E-state index contributed by atoms with van der Waals surface area (Å²) >= 11 is 12.5. The van der Waals surface area contributed by atoms with Crippen molar-refractivity contribution in [2.24, 2.45) is 0 Å². The summed E-state index contributed by atoms with van der Waals surface area (Å²) in [6.07, 6.45) is -7.51. The highest BCUT2D eigenvalue weighted by molar-refractivity contribution is 6.32. The fourth-order valence-electron chi connectivity index (χ4n) is 6.81. The van der Waals surface area contributed by atoms with Gasteiger partial charge in [0.1, 0.15) is 73.7 Å². The van der Waals surface area contributed by atoms with Gasteiger partial charge < -0.3 is 65.0 Å². The zero-order valence-corrected chi connectivity index (χ0v) is 32.1. The van der Waals surface area contributed by atoms with E-state index < -0.39 is 67.1 Å². The molecular formula is C40H46Cl2N2O12. The number of aromatic hydroxyl groups is 1. The molecule has 1 unspecified atom stereocenters. The summed E-state index contributed by atoms with van der Waals surface area (Å²) in [7, 11) is 0. The molecule has 56 heavy (non-hydrogen) atoms. The van der Waals surface area contributed by atoms with Crippen LogP contribution in [-0.4, -0.2) is 111 Å². The van der Waals surface area contributed by atoms with E-state index in [9.17, 15) is 35.4 Å². The van der Waals surface area contributed by atoms with Crippen LogP contribution in [0.25, 0.3) is 6.08 Å². The number of carbonyl (C=O) groups excluding carboxylic acids is 1. The lowest BCUT2D eigenvalue weighted by atomic mass is 9.83. The van der Waals surface area contributed by atoms with Crippen molar-refractivity contribution in [1.29, 1.82) is 0 Å². The van der Waals surface area contributed by atoms with Gasteiger partial charge in [-0.3, -0.25) is 4.79 Å². The summed E-state index contributed by atoms with van der Waals surface area (Å²) in [6, 6.07) is 16.6. The van der Waals surface area contributed by atoms with E-state index in [1.54, 1.807) is 31.2 Å². The van der Waals surface area contributed by atoms with Gasteiger partial charge in [0.25, 0.3) is 0 Å². The molecule has 0 radical (unpaired) electrons. The number of aliphatic hydroxyl groups is 5. The highest BCUT2D eigenvalue weighted by Gasteiger charge is 2.53. The lowest BCUT2D eigenvalue weighted by Gasteiger charge is -2.41. The first-order valence-corrected chi connectivity index (χ1v) is 18.8. The van der Waals surface area contributed by atoms with Gasteiger partial charge in [-0.05, 0) is 78.6 Å². The predicted molar refractivity (Wildman–Crippen MR) is 204 cm³/mol. The number of aliphatic hydroxyl groups excluding tert-OH is 5. The number of fused-ring (bicyclic) bond motifs is 1. The second kappa shape index (κ2) is 18.8. The van der Waals surface area contributed by atoms with E-state index in [4.69, 9.17) is 46.9 Å². The molecule has 8 N–H and O–H groups in total. The van der Waals surface area contributed by atoms with Crippen LogP contribution in [0.5, 0.6) is 11.5 Å². The van der Waals surface area contributed by atoms with Crippen molar-refractivity contribution in [2.75, 3.05) is 13.4 Å². The molecule has 16 heteroatoms. The van der Waals surface area contributed by atoms with Crippen LogP contribution >= 0.6 is 23.2 Å². The van der Waals surface area contributed by atoms with Crippen LogP contribution in [0.1, 0.15) is 36.1 Å². The number of carbonyl (C=O) groups is 1. The highest BCUT2D eigenvalue weighted by atomic mass is 35.5. The maximum Gasteiger partial charge on any atom is 0.247 e. The Kier molecular flexibility index (Phi) is 14.1. The van der Waals surface area contributed by atoms with E-state index in [-0.39, 0.29) is 31.3 Å². The fraction of sp³-hybridized carbons (Fsp3) is 0.425. The van der Waals surface area contributed by atoms with Crippen molar-refractivity contribution >= 4 is 35.2 Å². The molecule has 302 valence electrons. The summed E-state index contributed by atoms with van der Waals surface area (Å²) in [6.45, 7) is 4.31. The molecule has 0 bridgehead atoms. The van der Waals surface area contributed by atoms with Crippen molar-refractivity contribution in [3.05, 3.63) is 110 Å². The molecule has 6 rings (SSSR count). The number of phenolic OH excluding ortho intramolecular Hbond substituents is 1. The zero-order chi connectivity index (χ0) is 40.1. The summed E-state index contributed by atoms with van der Waals surface area (Å²) in [4.78, 5) is 12.9. The smallest absolute Gasteiger partial charge is 0.247 e. The highest BCUT2D eigenvalue weighted by Crippen LogP contribution is 2.32. The van der Waals surface area contributed by atoms with Crippen LogP contribution in [0.4, 0.5) is 0 Å². The van der Waals surface area contributed by atoms with Gasteiger partial charge >= 0.3 is 0 Å². The van der Waals surface area contributed by atoms with E-state index in [0.717, 1.165) is 11.1 Å². The number of halogens is 2. The quantitative estimate of drug-likeness (QED) is 0.0871. The molecule has 3 aromatic carbocycles. The average molecular weight is 818 g/mol. The first-order chi connectivity index (χ1) is 26.8. The maximum absolute atomic E-state index is 12.9. The largest absolute Gasteiger partial charge is 0.508 e. The molecule has 1 amide bonds. The van der Waals surface area contributed by atoms with Crippen LogP contribution in [0.3, 0.4) is 0 Å². The van der Waals surface area contributed by atoms with Gasteiger partial charge in [-0.2, -0.15) is 0 Å². The second-order valence-electron chi connectivity index (χ2n) is 14.0. The Morgan fingerprint density at radius 1 is 0.875 bits per heavy atom. The van der Waals surface area contributed by atoms with Gasteiger partial charge in [-0.25, -0.2) is 0 Å². The molecule has 0 spiro atoms. The SMILES string of the molecule is C/C(=C\c1ccc(CO[C@@H]2O[C@H](/C(C)=C/COc3ccc(CNCc4cccc(Cl)c4)cc3Cl)[C@@H](O)[C@@H]2O)c(O)c1)C(=O)NC1[C@@H](O)[C@@H]2OCO[C@@H]2[C@H](O)[C@H]1O. The average Bonchev–Trinajstić information content (AvgIpc) is 3.78. The molecular weight excluding hydrogens is 771 g/mol. The lowest BCUT2D eigenvalue weighted by molar-refractivity contribution is -0.168. The van der Waals surface area contributed by atoms with Gasteiger partial charge in [-0.1, -0.05) is 53.5 Å². The summed E-state index contributed by atoms with van der Waals surface area (Å²) in [5.41, 5.74) is 3.67. The Morgan fingerprint density at radius 3 is 2.32 bits per heavy atom. The van der Waals surface area contributed by atoms with Crippen LogP contribution < -0.4 is 15.4 Å². The van der Waals surface area contributed by atoms with E-state index in [1.165, 1.54) is 19.1 Å². The minimum absolute atomic E-state index is 0.126. The van der Waals surface area contributed by atoms with E-state index in [2.05, 4.69) is 10.6 Å². The first kappa shape index (κ1) is 42.0. The Labute approximate surface area is 333 Å². The summed E-state index contributed by atoms with van der Waals surface area (Å²) < 4.78 is 28.0. The number of nitrogens with one attached hydrogen (secondary N) is 2. The van der Waals surface area contributed by atoms with Crippen molar-refractivity contribution in [2.45, 2.75) is 94.7 Å². The molecule has 3 fully saturated rings. The minimum Gasteiger partial charge on any atom is -0.508 e. The van der Waals surface area contributed by atoms with Gasteiger partial charge in [0.05, 0.1) is 17.7 Å². The van der Waals surface area contributed by atoms with Crippen molar-refractivity contribution < 1.29 is 59.1 Å². The Morgan fingerprint density at radius 2 is 1.61 bits per heavy atom. The number of rotatable bonds is 14. The standard InChI is InChI=1S/C40H46Cl2N2O12/c1-20(10-11-52-29-9-7-24(14-27(29)42)17-43-16-23-4-3-5-26(41)13-23)36-34(49)35(50)40(56-36)53-18-25-8-6-22(15-28(25)45)12-21(2)39(51)44-30-31(46)33(48)38-37(32(30)47)54-19-55-38/h3-10,12-15,30-38,40,43,45-50H,11,16-19H2,1-2H3,(H,44,51)/b20-10+,21-12+/t30?,31-,32+,33+,34-,35-,36+,37-,38+,40+/m0/s1. The Bertz CT molecular complexity index is 1910. The number of phenols is 1. The zero-order valence-electron chi connectivity index (χ0n) is 30.6. The third-order valence-electron chi connectivity index (χ3n) is 10.0. The van der Waals surface area contributed by atoms with Crippen LogP contribution in [-0.2, 0) is 43.4 Å². The molecule has 1 saturated carbocycles. The molecule has 0 aromatic heterocycles. The number of amides is 1. The molecule has 14 nitrogen and oxygen atoms in total. The molecule has 10 atom stereocenters. The molecule has 2 aliphatic heterocycles. The monoisotopic (exact) mass is 816 g/mol. The van der Waals surface area contributed by atoms with Crippen molar-refractivity contribution in [1.82, 2.24) is 10.6 Å². The van der Waals surface area contributed by atoms with Gasteiger partial charge in [0.2, 0.25) is 5.91 Å². The maximum atomic E-state index is 12.9. The van der Waals surface area contributed by atoms with Crippen LogP contribution in [0.15, 0.2) is 77.9 Å². The van der Waals surface area contributed by atoms with Crippen molar-refractivity contribution in [3.63, 3.8) is 0 Å². The third kappa shape index (κ3) is 9.91. The third-order valence-corrected chi connectivity index (χ3v) is 10.5. The fourth-order valence-corrected chi connectivity index (χ4v) is 7.28. The lowest BCUT2D eigenvalue weighted by Crippen LogP contribution is -2.67. The van der Waals surface area contributed by atoms with Gasteiger partial charge in [0, 0.05) is 29.2 Å². The summed E-state index contributed by atoms with van der Waals surface area (Å²) in [5, 5.41) is 70.7. The van der Waals surface area contributed by atoms with Crippen LogP contribution in [0.2, 0.25) is 10.0 Å².